The number of carbonyl (C=O) groups excluding carboxylic acids is 3. The van der Waals surface area contributed by atoms with Crippen LogP contribution in [-0.4, -0.2) is 40.7 Å². The first-order valence-electron chi connectivity index (χ1n) is 10.7. The Morgan fingerprint density at radius 2 is 1.61 bits per heavy atom. The van der Waals surface area contributed by atoms with Crippen LogP contribution in [-0.2, 0) is 4.79 Å². The molecule has 0 N–H and O–H groups in total. The fourth-order valence-corrected chi connectivity index (χ4v) is 5.28. The molecule has 11 heteroatoms. The average molecular weight is 615 g/mol. The number of ether oxygens (including phenoxy) is 1. The van der Waals surface area contributed by atoms with Crippen LogP contribution >= 0.6 is 31.9 Å². The maximum Gasteiger partial charge on any atom is 0.270 e. The highest BCUT2D eigenvalue weighted by atomic mass is 79.9. The van der Waals surface area contributed by atoms with Gasteiger partial charge in [0.1, 0.15) is 11.8 Å². The van der Waals surface area contributed by atoms with Gasteiger partial charge in [0.25, 0.3) is 23.4 Å². The molecule has 36 heavy (non-hydrogen) atoms. The van der Waals surface area contributed by atoms with Crippen molar-refractivity contribution in [3.63, 3.8) is 0 Å². The number of nitro groups is 1. The lowest BCUT2D eigenvalue weighted by Gasteiger charge is -2.50. The molecular formula is C25H17Br2N3O6. The molecule has 3 aromatic carbocycles. The summed E-state index contributed by atoms with van der Waals surface area (Å²) in [6, 6.07) is 12.3. The van der Waals surface area contributed by atoms with Gasteiger partial charge in [0.15, 0.2) is 0 Å². The van der Waals surface area contributed by atoms with E-state index in [9.17, 15) is 24.5 Å². The lowest BCUT2D eigenvalue weighted by atomic mass is 9.85. The number of halogens is 2. The topological polar surface area (TPSA) is 110 Å². The minimum Gasteiger partial charge on any atom is -0.496 e. The summed E-state index contributed by atoms with van der Waals surface area (Å²) in [6.45, 7) is 1.89. The van der Waals surface area contributed by atoms with Crippen LogP contribution in [0.3, 0.4) is 0 Å². The van der Waals surface area contributed by atoms with Crippen molar-refractivity contribution >= 4 is 61.0 Å². The molecule has 2 atom stereocenters. The van der Waals surface area contributed by atoms with Gasteiger partial charge in [-0.2, -0.15) is 0 Å². The standard InChI is InChI=1S/C25H17Br2N3O6/c1-12-9-14(5-7-19(12)27)28-21(18-10-13(26)3-8-20(18)36-2)22(25(28)33)29-23(31)16-6-4-15(30(34)35)11-17(16)24(29)32/h3-11,21-22H,1-2H3/t21-,22-/m1/s1. The molecule has 0 unspecified atom stereocenters. The van der Waals surface area contributed by atoms with E-state index in [4.69, 9.17) is 4.74 Å². The lowest BCUT2D eigenvalue weighted by molar-refractivity contribution is -0.384. The van der Waals surface area contributed by atoms with E-state index in [-0.39, 0.29) is 16.8 Å². The molecule has 0 bridgehead atoms. The maximum atomic E-state index is 13.6. The van der Waals surface area contributed by atoms with Crippen LogP contribution in [0.2, 0.25) is 0 Å². The van der Waals surface area contributed by atoms with Crippen molar-refractivity contribution in [1.82, 2.24) is 4.90 Å². The van der Waals surface area contributed by atoms with Gasteiger partial charge in [-0.1, -0.05) is 31.9 Å². The second kappa shape index (κ2) is 8.82. The van der Waals surface area contributed by atoms with Gasteiger partial charge in [0, 0.05) is 32.3 Å². The SMILES string of the molecule is COc1ccc(Br)cc1[C@@H]1[C@@H](N2C(=O)c3ccc([N+](=O)[O-])cc3C2=O)C(=O)N1c1ccc(Br)c(C)c1. The number of anilines is 1. The Labute approximate surface area is 222 Å². The summed E-state index contributed by atoms with van der Waals surface area (Å²) >= 11 is 6.92. The van der Waals surface area contributed by atoms with E-state index in [0.717, 1.165) is 25.5 Å². The molecule has 5 rings (SSSR count). The third-order valence-corrected chi connectivity index (χ3v) is 7.77. The van der Waals surface area contributed by atoms with Gasteiger partial charge in [-0.3, -0.25) is 29.4 Å². The van der Waals surface area contributed by atoms with Crippen LogP contribution < -0.4 is 9.64 Å². The minimum absolute atomic E-state index is 0.0243. The number of nitro benzene ring substituents is 1. The molecule has 3 aromatic rings. The highest BCUT2D eigenvalue weighted by Gasteiger charge is 2.58. The van der Waals surface area contributed by atoms with Crippen molar-refractivity contribution in [2.24, 2.45) is 0 Å². The van der Waals surface area contributed by atoms with Crippen LogP contribution in [0.5, 0.6) is 5.75 Å². The Kier molecular flexibility index (Phi) is 5.92. The monoisotopic (exact) mass is 613 g/mol. The number of fused-ring (bicyclic) bond motifs is 1. The Balaban J connectivity index is 1.64. The summed E-state index contributed by atoms with van der Waals surface area (Å²) in [4.78, 5) is 53.4. The first-order chi connectivity index (χ1) is 17.1. The number of rotatable bonds is 5. The third kappa shape index (κ3) is 3.61. The van der Waals surface area contributed by atoms with E-state index in [1.807, 2.05) is 19.1 Å². The number of hydrogen-bond acceptors (Lipinski definition) is 6. The van der Waals surface area contributed by atoms with E-state index >= 15 is 0 Å². The van der Waals surface area contributed by atoms with E-state index in [1.54, 1.807) is 24.3 Å². The number of benzene rings is 3. The molecule has 2 aliphatic rings. The maximum absolute atomic E-state index is 13.6. The second-order valence-corrected chi connectivity index (χ2v) is 10.2. The Hall–Kier alpha value is -3.57. The number of non-ortho nitro benzene ring substituents is 1. The molecule has 0 aromatic heterocycles. The van der Waals surface area contributed by atoms with Gasteiger partial charge in [0.2, 0.25) is 0 Å². The fourth-order valence-electron chi connectivity index (χ4n) is 4.65. The van der Waals surface area contributed by atoms with Crippen LogP contribution in [0.4, 0.5) is 11.4 Å². The number of aryl methyl sites for hydroxylation is 1. The van der Waals surface area contributed by atoms with Crippen molar-refractivity contribution in [1.29, 1.82) is 0 Å². The van der Waals surface area contributed by atoms with Gasteiger partial charge in [-0.15, -0.1) is 0 Å². The first-order valence-corrected chi connectivity index (χ1v) is 12.3. The number of imide groups is 1. The van der Waals surface area contributed by atoms with Crippen LogP contribution in [0.25, 0.3) is 0 Å². The van der Waals surface area contributed by atoms with E-state index < -0.39 is 34.7 Å². The van der Waals surface area contributed by atoms with Crippen molar-refractivity contribution in [2.45, 2.75) is 19.0 Å². The molecule has 0 spiro atoms. The lowest BCUT2D eigenvalue weighted by Crippen LogP contribution is -2.67. The van der Waals surface area contributed by atoms with Crippen molar-refractivity contribution in [3.8, 4) is 5.75 Å². The highest BCUT2D eigenvalue weighted by Crippen LogP contribution is 2.47. The molecule has 0 aliphatic carbocycles. The number of methoxy groups -OCH3 is 1. The minimum atomic E-state index is -1.16. The number of hydrogen-bond donors (Lipinski definition) is 0. The van der Waals surface area contributed by atoms with E-state index in [0.29, 0.717) is 17.0 Å². The summed E-state index contributed by atoms with van der Waals surface area (Å²) in [5.74, 6) is -1.39. The van der Waals surface area contributed by atoms with Gasteiger partial charge < -0.3 is 9.64 Å². The number of amides is 3. The van der Waals surface area contributed by atoms with Crippen molar-refractivity contribution in [3.05, 3.63) is 95.9 Å². The summed E-state index contributed by atoms with van der Waals surface area (Å²) in [6.07, 6.45) is 0. The van der Waals surface area contributed by atoms with E-state index in [2.05, 4.69) is 31.9 Å². The van der Waals surface area contributed by atoms with Crippen molar-refractivity contribution in [2.75, 3.05) is 12.0 Å². The van der Waals surface area contributed by atoms with Gasteiger partial charge in [0.05, 0.1) is 29.2 Å². The zero-order valence-corrected chi connectivity index (χ0v) is 22.1. The predicted molar refractivity (Wildman–Crippen MR) is 137 cm³/mol. The quantitative estimate of drug-likeness (QED) is 0.169. The Morgan fingerprint density at radius 1 is 0.889 bits per heavy atom. The summed E-state index contributed by atoms with van der Waals surface area (Å²) in [7, 11) is 1.50. The van der Waals surface area contributed by atoms with Crippen LogP contribution in [0, 0.1) is 17.0 Å². The van der Waals surface area contributed by atoms with Gasteiger partial charge >= 0.3 is 0 Å². The molecule has 2 aliphatic heterocycles. The molecule has 0 saturated carbocycles. The second-order valence-electron chi connectivity index (χ2n) is 8.38. The smallest absolute Gasteiger partial charge is 0.270 e. The molecule has 3 amide bonds. The zero-order chi connectivity index (χ0) is 25.9. The molecule has 0 radical (unpaired) electrons. The third-order valence-electron chi connectivity index (χ3n) is 6.39. The predicted octanol–water partition coefficient (Wildman–Crippen LogP) is 5.19. The van der Waals surface area contributed by atoms with E-state index in [1.165, 1.54) is 24.1 Å². The fraction of sp³-hybridized carbons (Fsp3) is 0.160. The summed E-state index contributed by atoms with van der Waals surface area (Å²) in [5, 5.41) is 11.2. The number of carbonyl (C=O) groups is 3. The molecular weight excluding hydrogens is 598 g/mol. The largest absolute Gasteiger partial charge is 0.496 e. The highest BCUT2D eigenvalue weighted by molar-refractivity contribution is 9.10. The average Bonchev–Trinajstić information content (AvgIpc) is 3.09. The molecule has 1 saturated heterocycles. The summed E-state index contributed by atoms with van der Waals surface area (Å²) < 4.78 is 7.15. The van der Waals surface area contributed by atoms with Crippen LogP contribution in [0.1, 0.15) is 37.9 Å². The number of β-lactam (4-membered cyclic amide) rings is 1. The zero-order valence-electron chi connectivity index (χ0n) is 18.9. The normalized spacial score (nSPS) is 18.8. The Bertz CT molecular complexity index is 1490. The number of nitrogens with zero attached hydrogens (tertiary/aromatic N) is 3. The van der Waals surface area contributed by atoms with Crippen LogP contribution in [0.15, 0.2) is 63.5 Å². The molecule has 182 valence electrons. The molecule has 9 nitrogen and oxygen atoms in total. The van der Waals surface area contributed by atoms with Gasteiger partial charge in [-0.25, -0.2) is 0 Å². The van der Waals surface area contributed by atoms with Gasteiger partial charge in [-0.05, 0) is 55.0 Å². The van der Waals surface area contributed by atoms with Crippen molar-refractivity contribution < 1.29 is 24.0 Å². The molecule has 1 fully saturated rings. The molecule has 2 heterocycles. The summed E-state index contributed by atoms with van der Waals surface area (Å²) in [5.41, 5.74) is 1.71. The Morgan fingerprint density at radius 3 is 2.28 bits per heavy atom. The first kappa shape index (κ1) is 24.1.